The number of aromatic nitrogens is 1. The molecule has 0 aromatic carbocycles. The number of ether oxygens (including phenoxy) is 1. The molecule has 1 heterocycles. The summed E-state index contributed by atoms with van der Waals surface area (Å²) >= 11 is 0. The molecule has 1 amide bonds. The Morgan fingerprint density at radius 1 is 1.43 bits per heavy atom. The number of hydrogen-bond donors (Lipinski definition) is 1. The summed E-state index contributed by atoms with van der Waals surface area (Å²) in [5, 5.41) is 2.96. The maximum Gasteiger partial charge on any atom is 0.268 e. The zero-order valence-electron chi connectivity index (χ0n) is 12.3. The zero-order valence-corrected chi connectivity index (χ0v) is 12.3. The van der Waals surface area contributed by atoms with Crippen molar-refractivity contribution in [2.45, 2.75) is 12.8 Å². The number of carbonyl (C=O) groups is 1. The molecule has 1 saturated carbocycles. The molecule has 1 aromatic rings. The van der Waals surface area contributed by atoms with E-state index in [1.54, 1.807) is 11.6 Å². The Balaban J connectivity index is 1.67. The third-order valence-corrected chi connectivity index (χ3v) is 4.60. The van der Waals surface area contributed by atoms with Crippen LogP contribution in [0.15, 0.2) is 29.2 Å². The summed E-state index contributed by atoms with van der Waals surface area (Å²) in [6, 6.07) is 1.33. The van der Waals surface area contributed by atoms with E-state index in [2.05, 4.69) is 17.5 Å². The zero-order chi connectivity index (χ0) is 15.0. The summed E-state index contributed by atoms with van der Waals surface area (Å²) < 4.78 is 6.58. The van der Waals surface area contributed by atoms with E-state index in [0.717, 1.165) is 6.42 Å². The molecule has 3 rings (SSSR count). The van der Waals surface area contributed by atoms with Crippen molar-refractivity contribution in [1.82, 2.24) is 9.88 Å². The first kappa shape index (κ1) is 13.9. The summed E-state index contributed by atoms with van der Waals surface area (Å²) in [4.78, 5) is 24.0. The predicted octanol–water partition coefficient (Wildman–Crippen LogP) is 1.34. The second-order valence-corrected chi connectivity index (χ2v) is 5.95. The van der Waals surface area contributed by atoms with Gasteiger partial charge in [0, 0.05) is 19.7 Å². The van der Waals surface area contributed by atoms with Gasteiger partial charge in [0.15, 0.2) is 5.75 Å². The van der Waals surface area contributed by atoms with Crippen LogP contribution in [0, 0.1) is 17.8 Å². The first-order valence-electron chi connectivity index (χ1n) is 7.29. The van der Waals surface area contributed by atoms with Crippen LogP contribution in [0.2, 0.25) is 0 Å². The van der Waals surface area contributed by atoms with E-state index >= 15 is 0 Å². The molecule has 0 radical (unpaired) electrons. The molecule has 21 heavy (non-hydrogen) atoms. The largest absolute Gasteiger partial charge is 0.491 e. The van der Waals surface area contributed by atoms with Crippen molar-refractivity contribution in [3.63, 3.8) is 0 Å². The van der Waals surface area contributed by atoms with Crippen LogP contribution in [0.1, 0.15) is 23.3 Å². The number of aryl methyl sites for hydroxylation is 1. The van der Waals surface area contributed by atoms with Gasteiger partial charge < -0.3 is 14.6 Å². The number of amides is 1. The monoisotopic (exact) mass is 288 g/mol. The number of allylic oxidation sites excluding steroid dienone is 2. The fourth-order valence-electron chi connectivity index (χ4n) is 3.43. The molecule has 2 aliphatic carbocycles. The Hall–Kier alpha value is -2.04. The second kappa shape index (κ2) is 5.39. The van der Waals surface area contributed by atoms with Crippen molar-refractivity contribution in [1.29, 1.82) is 0 Å². The number of nitrogens with zero attached hydrogens (tertiary/aromatic N) is 1. The summed E-state index contributed by atoms with van der Waals surface area (Å²) in [5.41, 5.74) is 0.0862. The molecule has 1 fully saturated rings. The lowest BCUT2D eigenvalue weighted by Crippen LogP contribution is -2.33. The molecule has 0 spiro atoms. The SMILES string of the molecule is COc1cn(C)c(C(=O)NC[C@@H]2C[C@H]3C=C[C@H]2C3)cc1=O. The number of rotatable bonds is 4. The first-order chi connectivity index (χ1) is 10.1. The summed E-state index contributed by atoms with van der Waals surface area (Å²) in [6.07, 6.45) is 8.48. The average molecular weight is 288 g/mol. The lowest BCUT2D eigenvalue weighted by molar-refractivity contribution is 0.0936. The fourth-order valence-corrected chi connectivity index (χ4v) is 3.43. The van der Waals surface area contributed by atoms with Crippen LogP contribution in [-0.2, 0) is 7.05 Å². The van der Waals surface area contributed by atoms with Crippen molar-refractivity contribution in [3.8, 4) is 5.75 Å². The molecule has 0 aliphatic heterocycles. The lowest BCUT2D eigenvalue weighted by atomic mass is 9.93. The first-order valence-corrected chi connectivity index (χ1v) is 7.29. The highest BCUT2D eigenvalue weighted by Crippen LogP contribution is 2.42. The van der Waals surface area contributed by atoms with Gasteiger partial charge in [-0.3, -0.25) is 9.59 Å². The van der Waals surface area contributed by atoms with Gasteiger partial charge in [-0.2, -0.15) is 0 Å². The third kappa shape index (κ3) is 2.60. The van der Waals surface area contributed by atoms with Gasteiger partial charge >= 0.3 is 0 Å². The Morgan fingerprint density at radius 3 is 2.86 bits per heavy atom. The summed E-state index contributed by atoms with van der Waals surface area (Å²) in [7, 11) is 3.18. The van der Waals surface area contributed by atoms with Crippen molar-refractivity contribution in [3.05, 3.63) is 40.3 Å². The molecule has 5 heteroatoms. The van der Waals surface area contributed by atoms with Gasteiger partial charge in [0.1, 0.15) is 5.69 Å². The van der Waals surface area contributed by atoms with Crippen LogP contribution in [0.25, 0.3) is 0 Å². The quantitative estimate of drug-likeness (QED) is 0.850. The minimum Gasteiger partial charge on any atom is -0.491 e. The Labute approximate surface area is 123 Å². The number of fused-ring (bicyclic) bond motifs is 2. The van der Waals surface area contributed by atoms with E-state index in [-0.39, 0.29) is 17.1 Å². The maximum atomic E-state index is 12.3. The van der Waals surface area contributed by atoms with Crippen LogP contribution < -0.4 is 15.5 Å². The average Bonchev–Trinajstić information content (AvgIpc) is 3.09. The van der Waals surface area contributed by atoms with Crippen molar-refractivity contribution < 1.29 is 9.53 Å². The minimum absolute atomic E-state index is 0.205. The van der Waals surface area contributed by atoms with Crippen molar-refractivity contribution >= 4 is 5.91 Å². The number of nitrogens with one attached hydrogen (secondary N) is 1. The van der Waals surface area contributed by atoms with Gasteiger partial charge in [-0.1, -0.05) is 12.2 Å². The molecule has 5 nitrogen and oxygen atoms in total. The lowest BCUT2D eigenvalue weighted by Gasteiger charge is -2.19. The van der Waals surface area contributed by atoms with Gasteiger partial charge in [-0.15, -0.1) is 0 Å². The van der Waals surface area contributed by atoms with Gasteiger partial charge in [-0.25, -0.2) is 0 Å². The van der Waals surface area contributed by atoms with Crippen LogP contribution in [-0.4, -0.2) is 24.1 Å². The predicted molar refractivity (Wildman–Crippen MR) is 79.4 cm³/mol. The van der Waals surface area contributed by atoms with E-state index in [1.807, 2.05) is 0 Å². The number of methoxy groups -OCH3 is 1. The normalized spacial score (nSPS) is 26.1. The minimum atomic E-state index is -0.274. The van der Waals surface area contributed by atoms with E-state index in [9.17, 15) is 9.59 Å². The smallest absolute Gasteiger partial charge is 0.268 e. The molecule has 3 atom stereocenters. The van der Waals surface area contributed by atoms with Crippen molar-refractivity contribution in [2.24, 2.45) is 24.8 Å². The molecule has 1 aromatic heterocycles. The number of pyridine rings is 1. The van der Waals surface area contributed by atoms with Gasteiger partial charge in [0.05, 0.1) is 13.3 Å². The maximum absolute atomic E-state index is 12.3. The molecule has 2 bridgehead atoms. The molecule has 1 N–H and O–H groups in total. The number of hydrogen-bond acceptors (Lipinski definition) is 3. The van der Waals surface area contributed by atoms with Crippen LogP contribution in [0.3, 0.4) is 0 Å². The van der Waals surface area contributed by atoms with Crippen molar-refractivity contribution in [2.75, 3.05) is 13.7 Å². The van der Waals surface area contributed by atoms with E-state index in [4.69, 9.17) is 4.74 Å². The Morgan fingerprint density at radius 2 is 2.24 bits per heavy atom. The molecule has 2 aliphatic rings. The highest BCUT2D eigenvalue weighted by molar-refractivity contribution is 5.92. The molecule has 0 unspecified atom stereocenters. The second-order valence-electron chi connectivity index (χ2n) is 5.95. The Kier molecular flexibility index (Phi) is 3.57. The fraction of sp³-hybridized carbons (Fsp3) is 0.500. The summed E-state index contributed by atoms with van der Waals surface area (Å²) in [6.45, 7) is 0.671. The number of carbonyl (C=O) groups excluding carboxylic acids is 1. The van der Waals surface area contributed by atoms with Gasteiger partial charge in [-0.05, 0) is 30.6 Å². The standard InChI is InChI=1S/C16H20N2O3/c1-18-9-15(21-2)14(19)7-13(18)16(20)17-8-12-6-10-3-4-11(12)5-10/h3-4,7,9-12H,5-6,8H2,1-2H3,(H,17,20)/t10-,11-,12-/m0/s1. The van der Waals surface area contributed by atoms with E-state index in [0.29, 0.717) is 30.0 Å². The molecule has 112 valence electrons. The van der Waals surface area contributed by atoms with E-state index in [1.165, 1.54) is 25.8 Å². The van der Waals surface area contributed by atoms with Crippen LogP contribution in [0.5, 0.6) is 5.75 Å². The van der Waals surface area contributed by atoms with E-state index < -0.39 is 0 Å². The topological polar surface area (TPSA) is 60.3 Å². The molecule has 0 saturated heterocycles. The highest BCUT2D eigenvalue weighted by atomic mass is 16.5. The van der Waals surface area contributed by atoms with Gasteiger partial charge in [0.2, 0.25) is 5.43 Å². The molecular formula is C16H20N2O3. The third-order valence-electron chi connectivity index (χ3n) is 4.60. The molecular weight excluding hydrogens is 268 g/mol. The highest BCUT2D eigenvalue weighted by Gasteiger charge is 2.35. The summed E-state index contributed by atoms with van der Waals surface area (Å²) in [5.74, 6) is 1.87. The van der Waals surface area contributed by atoms with Crippen LogP contribution in [0.4, 0.5) is 0 Å². The van der Waals surface area contributed by atoms with Gasteiger partial charge in [0.25, 0.3) is 5.91 Å². The van der Waals surface area contributed by atoms with Crippen LogP contribution >= 0.6 is 0 Å². The Bertz CT molecular complexity index is 647.